The van der Waals surface area contributed by atoms with Gasteiger partial charge in [-0.25, -0.2) is 4.79 Å². The molecule has 3 rings (SSSR count). The maximum atomic E-state index is 11.9. The van der Waals surface area contributed by atoms with Crippen molar-refractivity contribution in [3.63, 3.8) is 0 Å². The normalized spacial score (nSPS) is 25.6. The Morgan fingerprint density at radius 3 is 3.04 bits per heavy atom. The maximum absolute atomic E-state index is 11.9. The highest BCUT2D eigenvalue weighted by molar-refractivity contribution is 9.10. The molecule has 1 aromatic carbocycles. The van der Waals surface area contributed by atoms with Gasteiger partial charge < -0.3 is 16.0 Å². The quantitative estimate of drug-likeness (QED) is 0.510. The number of unbranched alkanes of at least 4 members (excludes halogenated alkanes) is 1. The Balaban J connectivity index is 1.35. The number of hydrogen-bond acceptors (Lipinski definition) is 3. The number of rotatable bonds is 6. The largest absolute Gasteiger partial charge is 0.332 e. The van der Waals surface area contributed by atoms with Gasteiger partial charge in [-0.2, -0.15) is 11.8 Å². The lowest BCUT2D eigenvalue weighted by molar-refractivity contribution is -0.116. The summed E-state index contributed by atoms with van der Waals surface area (Å²) in [4.78, 5) is 23.3. The lowest BCUT2D eigenvalue weighted by Crippen LogP contribution is -2.36. The van der Waals surface area contributed by atoms with Crippen LogP contribution in [0.2, 0.25) is 0 Å². The zero-order chi connectivity index (χ0) is 16.2. The molecule has 0 saturated carbocycles. The van der Waals surface area contributed by atoms with E-state index in [0.29, 0.717) is 11.7 Å². The minimum absolute atomic E-state index is 0.0429. The molecule has 3 unspecified atom stereocenters. The molecule has 124 valence electrons. The Morgan fingerprint density at radius 1 is 1.35 bits per heavy atom. The fraction of sp³-hybridized carbons (Fsp3) is 0.500. The third-order valence-corrected chi connectivity index (χ3v) is 6.19. The summed E-state index contributed by atoms with van der Waals surface area (Å²) in [5, 5.41) is 9.32. The fourth-order valence-corrected chi connectivity index (χ4v) is 5.01. The average Bonchev–Trinajstić information content (AvgIpc) is 3.03. The van der Waals surface area contributed by atoms with E-state index in [2.05, 4.69) is 31.9 Å². The van der Waals surface area contributed by atoms with Crippen LogP contribution in [0.3, 0.4) is 0 Å². The summed E-state index contributed by atoms with van der Waals surface area (Å²) in [6.45, 7) is 0. The molecule has 2 fully saturated rings. The minimum atomic E-state index is -0.0429. The number of benzene rings is 1. The Morgan fingerprint density at radius 2 is 2.22 bits per heavy atom. The molecule has 5 nitrogen and oxygen atoms in total. The minimum Gasteiger partial charge on any atom is -0.332 e. The Labute approximate surface area is 148 Å². The molecule has 0 radical (unpaired) electrons. The molecular formula is C16H20BrN3O2S. The first-order chi connectivity index (χ1) is 11.1. The summed E-state index contributed by atoms with van der Waals surface area (Å²) >= 11 is 5.31. The molecule has 0 aromatic heterocycles. The van der Waals surface area contributed by atoms with Gasteiger partial charge in [-0.05, 0) is 31.0 Å². The van der Waals surface area contributed by atoms with Crippen molar-refractivity contribution in [1.29, 1.82) is 0 Å². The first kappa shape index (κ1) is 16.6. The van der Waals surface area contributed by atoms with E-state index in [4.69, 9.17) is 0 Å². The van der Waals surface area contributed by atoms with Crippen molar-refractivity contribution in [2.24, 2.45) is 0 Å². The van der Waals surface area contributed by atoms with Crippen molar-refractivity contribution in [3.05, 3.63) is 28.7 Å². The Hall–Kier alpha value is -1.21. The van der Waals surface area contributed by atoms with E-state index in [1.165, 1.54) is 0 Å². The summed E-state index contributed by atoms with van der Waals surface area (Å²) in [5.41, 5.74) is 0.818. The molecule has 3 atom stereocenters. The van der Waals surface area contributed by atoms with Crippen LogP contribution in [0.4, 0.5) is 10.5 Å². The average molecular weight is 398 g/mol. The molecule has 0 aliphatic carbocycles. The molecule has 2 saturated heterocycles. The van der Waals surface area contributed by atoms with Gasteiger partial charge in [0.15, 0.2) is 0 Å². The Bertz CT molecular complexity index is 598. The molecule has 0 bridgehead atoms. The zero-order valence-corrected chi connectivity index (χ0v) is 15.1. The van der Waals surface area contributed by atoms with Gasteiger partial charge in [0, 0.05) is 27.6 Å². The fourth-order valence-electron chi connectivity index (χ4n) is 3.06. The number of hydrogen-bond donors (Lipinski definition) is 3. The van der Waals surface area contributed by atoms with Crippen LogP contribution in [-0.4, -0.2) is 35.0 Å². The molecule has 2 aliphatic rings. The molecule has 1 aromatic rings. The second-order valence-electron chi connectivity index (χ2n) is 5.93. The lowest BCUT2D eigenvalue weighted by Gasteiger charge is -2.16. The van der Waals surface area contributed by atoms with E-state index in [9.17, 15) is 9.59 Å². The third-order valence-electron chi connectivity index (χ3n) is 4.19. The molecule has 23 heavy (non-hydrogen) atoms. The van der Waals surface area contributed by atoms with Crippen molar-refractivity contribution < 1.29 is 9.59 Å². The number of fused-ring (bicyclic) bond motifs is 1. The monoisotopic (exact) mass is 397 g/mol. The van der Waals surface area contributed by atoms with E-state index in [0.717, 1.165) is 35.2 Å². The van der Waals surface area contributed by atoms with Gasteiger partial charge >= 0.3 is 6.03 Å². The smallest absolute Gasteiger partial charge is 0.315 e. The van der Waals surface area contributed by atoms with Gasteiger partial charge in [-0.3, -0.25) is 4.79 Å². The van der Waals surface area contributed by atoms with E-state index in [1.54, 1.807) is 0 Å². The first-order valence-electron chi connectivity index (χ1n) is 7.86. The number of anilines is 1. The molecule has 3 N–H and O–H groups in total. The SMILES string of the molecule is O=C(CCCCC1SCC2NC(=O)NC21)Nc1cccc(Br)c1. The number of urea groups is 1. The second kappa shape index (κ2) is 7.57. The van der Waals surface area contributed by atoms with Crippen LogP contribution in [0.25, 0.3) is 0 Å². The number of thioether (sulfide) groups is 1. The number of nitrogens with one attached hydrogen (secondary N) is 3. The van der Waals surface area contributed by atoms with E-state index in [1.807, 2.05) is 36.0 Å². The summed E-state index contributed by atoms with van der Waals surface area (Å²) in [7, 11) is 0. The van der Waals surface area contributed by atoms with Crippen LogP contribution >= 0.6 is 27.7 Å². The van der Waals surface area contributed by atoms with Crippen LogP contribution in [0.15, 0.2) is 28.7 Å². The maximum Gasteiger partial charge on any atom is 0.315 e. The van der Waals surface area contributed by atoms with Gasteiger partial charge in [0.2, 0.25) is 5.91 Å². The van der Waals surface area contributed by atoms with Gasteiger partial charge in [0.25, 0.3) is 0 Å². The van der Waals surface area contributed by atoms with Crippen molar-refractivity contribution in [2.75, 3.05) is 11.1 Å². The zero-order valence-electron chi connectivity index (χ0n) is 12.7. The van der Waals surface area contributed by atoms with Gasteiger partial charge in [-0.15, -0.1) is 0 Å². The van der Waals surface area contributed by atoms with Crippen LogP contribution in [0.5, 0.6) is 0 Å². The second-order valence-corrected chi connectivity index (χ2v) is 8.11. The van der Waals surface area contributed by atoms with Crippen LogP contribution in [0.1, 0.15) is 25.7 Å². The molecule has 7 heteroatoms. The van der Waals surface area contributed by atoms with Gasteiger partial charge in [0.1, 0.15) is 0 Å². The predicted octanol–water partition coefficient (Wildman–Crippen LogP) is 3.11. The number of halogens is 1. The van der Waals surface area contributed by atoms with E-state index >= 15 is 0 Å². The Kier molecular flexibility index (Phi) is 5.48. The van der Waals surface area contributed by atoms with Crippen molar-refractivity contribution in [2.45, 2.75) is 43.0 Å². The number of carbonyl (C=O) groups excluding carboxylic acids is 2. The highest BCUT2D eigenvalue weighted by Crippen LogP contribution is 2.33. The molecule has 2 aliphatic heterocycles. The summed E-state index contributed by atoms with van der Waals surface area (Å²) in [5.74, 6) is 1.04. The number of carbonyl (C=O) groups is 2. The first-order valence-corrected chi connectivity index (χ1v) is 9.70. The predicted molar refractivity (Wildman–Crippen MR) is 96.7 cm³/mol. The summed E-state index contributed by atoms with van der Waals surface area (Å²) in [6, 6.07) is 8.09. The lowest BCUT2D eigenvalue weighted by atomic mass is 10.0. The van der Waals surface area contributed by atoms with Crippen molar-refractivity contribution in [3.8, 4) is 0 Å². The van der Waals surface area contributed by atoms with Crippen LogP contribution < -0.4 is 16.0 Å². The van der Waals surface area contributed by atoms with Crippen molar-refractivity contribution >= 4 is 45.3 Å². The molecule has 2 heterocycles. The molecule has 0 spiro atoms. The van der Waals surface area contributed by atoms with Crippen LogP contribution in [0, 0.1) is 0 Å². The standard InChI is InChI=1S/C16H20BrN3O2S/c17-10-4-3-5-11(8-10)18-14(21)7-2-1-6-13-15-12(9-23-13)19-16(22)20-15/h3-5,8,12-13,15H,1-2,6-7,9H2,(H,18,21)(H2,19,20,22). The van der Waals surface area contributed by atoms with Crippen molar-refractivity contribution in [1.82, 2.24) is 10.6 Å². The highest BCUT2D eigenvalue weighted by atomic mass is 79.9. The topological polar surface area (TPSA) is 70.2 Å². The molecule has 3 amide bonds. The van der Waals surface area contributed by atoms with Gasteiger partial charge in [0.05, 0.1) is 12.1 Å². The van der Waals surface area contributed by atoms with Gasteiger partial charge in [-0.1, -0.05) is 28.4 Å². The van der Waals surface area contributed by atoms with E-state index < -0.39 is 0 Å². The highest BCUT2D eigenvalue weighted by Gasteiger charge is 2.42. The summed E-state index contributed by atoms with van der Waals surface area (Å²) in [6.07, 6.45) is 3.44. The van der Waals surface area contributed by atoms with E-state index in [-0.39, 0.29) is 24.0 Å². The third kappa shape index (κ3) is 4.41. The number of amides is 3. The molecular weight excluding hydrogens is 378 g/mol. The summed E-state index contributed by atoms with van der Waals surface area (Å²) < 4.78 is 0.954. The van der Waals surface area contributed by atoms with Crippen LogP contribution in [-0.2, 0) is 4.79 Å².